The van der Waals surface area contributed by atoms with Crippen molar-refractivity contribution in [2.24, 2.45) is 4.99 Å². The molecule has 0 spiro atoms. The highest BCUT2D eigenvalue weighted by molar-refractivity contribution is 6.35. The Balaban J connectivity index is 1.47. The molecule has 5 rings (SSSR count). The molecule has 32 heavy (non-hydrogen) atoms. The number of fused-ring (bicyclic) bond motifs is 1. The molecule has 0 unspecified atom stereocenters. The van der Waals surface area contributed by atoms with Crippen LogP contribution in [0.25, 0.3) is 16.6 Å². The molecule has 0 radical (unpaired) electrons. The van der Waals surface area contributed by atoms with Gasteiger partial charge in [-0.25, -0.2) is 13.8 Å². The van der Waals surface area contributed by atoms with Gasteiger partial charge in [0.1, 0.15) is 11.6 Å². The summed E-state index contributed by atoms with van der Waals surface area (Å²) in [7, 11) is 4.19. The molecule has 0 saturated carbocycles. The van der Waals surface area contributed by atoms with Crippen molar-refractivity contribution in [1.29, 1.82) is 0 Å². The molecular weight excluding hydrogens is 432 g/mol. The normalized spacial score (nSPS) is 17.5. The van der Waals surface area contributed by atoms with Crippen LogP contribution in [0.2, 0.25) is 5.02 Å². The van der Waals surface area contributed by atoms with Crippen molar-refractivity contribution < 1.29 is 8.78 Å². The number of aromatic nitrogens is 2. The van der Waals surface area contributed by atoms with Gasteiger partial charge in [0.15, 0.2) is 0 Å². The van der Waals surface area contributed by atoms with Crippen molar-refractivity contribution >= 4 is 39.6 Å². The van der Waals surface area contributed by atoms with Crippen molar-refractivity contribution in [2.45, 2.75) is 12.5 Å². The molecule has 0 N–H and O–H groups in total. The number of anilines is 1. The third kappa shape index (κ3) is 3.45. The molecule has 0 aliphatic carbocycles. The Morgan fingerprint density at radius 2 is 1.84 bits per heavy atom. The van der Waals surface area contributed by atoms with Crippen molar-refractivity contribution in [3.05, 3.63) is 70.5 Å². The lowest BCUT2D eigenvalue weighted by molar-refractivity contribution is 0.133. The van der Waals surface area contributed by atoms with Crippen LogP contribution in [0.15, 0.2) is 47.6 Å². The largest absolute Gasteiger partial charge is 0.366 e. The van der Waals surface area contributed by atoms with Gasteiger partial charge in [0.25, 0.3) is 0 Å². The number of pyridine rings is 2. The Bertz CT molecular complexity index is 1300. The predicted octanol–water partition coefficient (Wildman–Crippen LogP) is 4.59. The number of hydrogen-bond donors (Lipinski definition) is 0. The Labute approximate surface area is 190 Å². The third-order valence-corrected chi connectivity index (χ3v) is 6.66. The van der Waals surface area contributed by atoms with Crippen molar-refractivity contribution in [3.63, 3.8) is 0 Å². The van der Waals surface area contributed by atoms with Gasteiger partial charge in [-0.1, -0.05) is 17.7 Å². The average molecular weight is 454 g/mol. The van der Waals surface area contributed by atoms with E-state index in [4.69, 9.17) is 16.6 Å². The highest BCUT2D eigenvalue weighted by Crippen LogP contribution is 2.33. The highest BCUT2D eigenvalue weighted by Gasteiger charge is 2.40. The quantitative estimate of drug-likeness (QED) is 0.542. The number of rotatable bonds is 4. The maximum atomic E-state index is 14.5. The summed E-state index contributed by atoms with van der Waals surface area (Å²) < 4.78 is 28.1. The van der Waals surface area contributed by atoms with Crippen LogP contribution < -0.4 is 4.90 Å². The first-order chi connectivity index (χ1) is 15.2. The lowest BCUT2D eigenvalue weighted by Gasteiger charge is -2.53. The average Bonchev–Trinajstić information content (AvgIpc) is 3.22. The Morgan fingerprint density at radius 3 is 2.59 bits per heavy atom. The van der Waals surface area contributed by atoms with Crippen LogP contribution in [0.1, 0.15) is 18.2 Å². The van der Waals surface area contributed by atoms with Gasteiger partial charge in [-0.05, 0) is 45.3 Å². The second-order valence-electron chi connectivity index (χ2n) is 8.73. The summed E-state index contributed by atoms with van der Waals surface area (Å²) in [6, 6.07) is 7.83. The first kappa shape index (κ1) is 21.0. The van der Waals surface area contributed by atoms with E-state index in [0.29, 0.717) is 23.5 Å². The van der Waals surface area contributed by atoms with Crippen LogP contribution in [0, 0.1) is 11.6 Å². The minimum atomic E-state index is -0.796. The summed E-state index contributed by atoms with van der Waals surface area (Å²) in [4.78, 5) is 18.3. The SMILES string of the molecule is CN(C)C1(C)CN(c2cnc3ccc(C4=CCN=C4c4cc(Cl)c(F)cc4F)nc3c2)C1. The number of halogens is 3. The Kier molecular flexibility index (Phi) is 4.98. The van der Waals surface area contributed by atoms with E-state index in [2.05, 4.69) is 40.8 Å². The van der Waals surface area contributed by atoms with Crippen LogP contribution in [-0.2, 0) is 0 Å². The summed E-state index contributed by atoms with van der Waals surface area (Å²) in [5, 5.41) is -0.144. The maximum Gasteiger partial charge on any atom is 0.144 e. The molecule has 5 nitrogen and oxygen atoms in total. The number of allylic oxidation sites excluding steroid dienone is 1. The Hall–Kier alpha value is -2.90. The summed E-state index contributed by atoms with van der Waals surface area (Å²) in [6.07, 6.45) is 3.76. The predicted molar refractivity (Wildman–Crippen MR) is 125 cm³/mol. The first-order valence-corrected chi connectivity index (χ1v) is 10.7. The molecule has 164 valence electrons. The van der Waals surface area contributed by atoms with Crippen LogP contribution in [0.5, 0.6) is 0 Å². The van der Waals surface area contributed by atoms with E-state index in [-0.39, 0.29) is 16.1 Å². The van der Waals surface area contributed by atoms with E-state index in [1.165, 1.54) is 6.07 Å². The molecule has 2 aliphatic rings. The minimum absolute atomic E-state index is 0.144. The van der Waals surface area contributed by atoms with Crippen LogP contribution in [-0.4, -0.2) is 59.8 Å². The fourth-order valence-corrected chi connectivity index (χ4v) is 4.29. The van der Waals surface area contributed by atoms with Gasteiger partial charge >= 0.3 is 0 Å². The van der Waals surface area contributed by atoms with E-state index in [9.17, 15) is 8.78 Å². The topological polar surface area (TPSA) is 44.6 Å². The molecule has 0 atom stereocenters. The lowest BCUT2D eigenvalue weighted by atomic mass is 9.90. The van der Waals surface area contributed by atoms with E-state index >= 15 is 0 Å². The van der Waals surface area contributed by atoms with Crippen LogP contribution in [0.4, 0.5) is 14.5 Å². The number of nitrogens with zero attached hydrogens (tertiary/aromatic N) is 5. The fourth-order valence-electron chi connectivity index (χ4n) is 4.13. The number of aliphatic imine (C=N–C) groups is 1. The maximum absolute atomic E-state index is 14.5. The molecule has 0 amide bonds. The summed E-state index contributed by atoms with van der Waals surface area (Å²) in [5.74, 6) is -1.50. The smallest absolute Gasteiger partial charge is 0.144 e. The second kappa shape index (κ2) is 7.60. The number of hydrogen-bond acceptors (Lipinski definition) is 5. The third-order valence-electron chi connectivity index (χ3n) is 6.37. The molecule has 8 heteroatoms. The minimum Gasteiger partial charge on any atom is -0.366 e. The van der Waals surface area contributed by atoms with Crippen molar-refractivity contribution in [2.75, 3.05) is 38.6 Å². The zero-order chi connectivity index (χ0) is 22.6. The van der Waals surface area contributed by atoms with Gasteiger partial charge in [-0.15, -0.1) is 0 Å². The zero-order valence-corrected chi connectivity index (χ0v) is 18.8. The Morgan fingerprint density at radius 1 is 1.06 bits per heavy atom. The van der Waals surface area contributed by atoms with E-state index in [1.807, 2.05) is 30.5 Å². The molecule has 1 aromatic carbocycles. The molecule has 2 aromatic heterocycles. The first-order valence-electron chi connectivity index (χ1n) is 10.3. The van der Waals surface area contributed by atoms with Crippen LogP contribution >= 0.6 is 11.6 Å². The number of likely N-dealkylation sites (N-methyl/N-ethyl adjacent to an activating group) is 1. The van der Waals surface area contributed by atoms with Gasteiger partial charge in [0.2, 0.25) is 0 Å². The molecule has 3 aromatic rings. The van der Waals surface area contributed by atoms with Crippen molar-refractivity contribution in [3.8, 4) is 0 Å². The molecule has 4 heterocycles. The standard InChI is InChI=1S/C24H22ClF2N5/c1-24(31(2)3)12-32(13-24)14-8-22-21(29-11-14)5-4-20(30-22)15-6-7-28-23(15)16-9-17(25)19(27)10-18(16)26/h4-6,8-11H,7,12-13H2,1-3H3. The van der Waals surface area contributed by atoms with Gasteiger partial charge < -0.3 is 9.80 Å². The molecule has 0 bridgehead atoms. The summed E-state index contributed by atoms with van der Waals surface area (Å²) in [6.45, 7) is 4.47. The zero-order valence-electron chi connectivity index (χ0n) is 18.0. The van der Waals surface area contributed by atoms with E-state index < -0.39 is 11.6 Å². The highest BCUT2D eigenvalue weighted by atomic mass is 35.5. The molecule has 2 aliphatic heterocycles. The summed E-state index contributed by atoms with van der Waals surface area (Å²) >= 11 is 5.89. The van der Waals surface area contributed by atoms with Gasteiger partial charge in [0.05, 0.1) is 51.4 Å². The molecule has 1 saturated heterocycles. The van der Waals surface area contributed by atoms with Crippen molar-refractivity contribution in [1.82, 2.24) is 14.9 Å². The second-order valence-corrected chi connectivity index (χ2v) is 9.14. The molecular formula is C24H22ClF2N5. The van der Waals surface area contributed by atoms with E-state index in [1.54, 1.807) is 0 Å². The van der Waals surface area contributed by atoms with Gasteiger partial charge in [0, 0.05) is 30.3 Å². The molecule has 1 fully saturated rings. The summed E-state index contributed by atoms with van der Waals surface area (Å²) in [5.41, 5.74) is 4.64. The van der Waals surface area contributed by atoms with Crippen LogP contribution in [0.3, 0.4) is 0 Å². The van der Waals surface area contributed by atoms with E-state index in [0.717, 1.165) is 35.9 Å². The lowest BCUT2D eigenvalue weighted by Crippen LogP contribution is -2.67. The monoisotopic (exact) mass is 453 g/mol. The van der Waals surface area contributed by atoms with Gasteiger partial charge in [-0.3, -0.25) is 9.98 Å². The fraction of sp³-hybridized carbons (Fsp3) is 0.292. The van der Waals surface area contributed by atoms with Gasteiger partial charge in [-0.2, -0.15) is 0 Å². The number of benzene rings is 1.